The molecule has 1 amide bonds. The number of rotatable bonds is 5. The van der Waals surface area contributed by atoms with Gasteiger partial charge in [-0.1, -0.05) is 13.3 Å². The first-order chi connectivity index (χ1) is 10.7. The molecule has 0 unspecified atom stereocenters. The van der Waals surface area contributed by atoms with Crippen LogP contribution in [0.3, 0.4) is 0 Å². The molecule has 0 fully saturated rings. The van der Waals surface area contributed by atoms with Crippen LogP contribution in [0.15, 0.2) is 12.1 Å². The van der Waals surface area contributed by atoms with E-state index in [0.29, 0.717) is 6.42 Å². The van der Waals surface area contributed by atoms with Gasteiger partial charge in [-0.3, -0.25) is 4.79 Å². The molecule has 2 heterocycles. The molecule has 0 saturated carbocycles. The standard InChI is InChI=1S/C14H13F3N2O3S/c1-2-3-4-7-5-6-8-9(19-13(22)14(15,16)17)10(12(20)21)23-11(8)18-7/h5-6H,2-4H2,1H3,(H,19,22)(H,20,21). The number of nitrogens with zero attached hydrogens (tertiary/aromatic N) is 1. The van der Waals surface area contributed by atoms with E-state index in [1.807, 2.05) is 6.92 Å². The zero-order valence-corrected chi connectivity index (χ0v) is 12.8. The zero-order valence-electron chi connectivity index (χ0n) is 12.0. The number of thiophene rings is 1. The number of carboxylic acid groups (broad SMARTS) is 1. The summed E-state index contributed by atoms with van der Waals surface area (Å²) in [4.78, 5) is 26.5. The van der Waals surface area contributed by atoms with Crippen LogP contribution in [0.1, 0.15) is 35.1 Å². The van der Waals surface area contributed by atoms with E-state index in [1.165, 1.54) is 6.07 Å². The predicted octanol–water partition coefficient (Wildman–Crippen LogP) is 3.84. The average molecular weight is 346 g/mol. The molecule has 0 aliphatic carbocycles. The number of carbonyl (C=O) groups excluding carboxylic acids is 1. The Labute approximate surface area is 133 Å². The molecule has 2 aromatic heterocycles. The molecule has 0 bridgehead atoms. The minimum Gasteiger partial charge on any atom is -0.477 e. The number of amides is 1. The zero-order chi connectivity index (χ0) is 17.2. The van der Waals surface area contributed by atoms with Crippen molar-refractivity contribution in [3.8, 4) is 0 Å². The van der Waals surface area contributed by atoms with E-state index in [2.05, 4.69) is 4.98 Å². The Bertz CT molecular complexity index is 756. The Balaban J connectivity index is 2.47. The third-order valence-electron chi connectivity index (χ3n) is 3.09. The fourth-order valence-electron chi connectivity index (χ4n) is 1.97. The van der Waals surface area contributed by atoms with Gasteiger partial charge in [0.05, 0.1) is 5.69 Å². The number of carboxylic acids is 1. The Kier molecular flexibility index (Phi) is 4.88. The van der Waals surface area contributed by atoms with E-state index in [0.717, 1.165) is 29.9 Å². The van der Waals surface area contributed by atoms with Crippen molar-refractivity contribution in [1.29, 1.82) is 0 Å². The molecule has 23 heavy (non-hydrogen) atoms. The van der Waals surface area contributed by atoms with Gasteiger partial charge in [0.2, 0.25) is 0 Å². The number of halogens is 3. The second-order valence-corrected chi connectivity index (χ2v) is 5.82. The van der Waals surface area contributed by atoms with Gasteiger partial charge in [-0.25, -0.2) is 9.78 Å². The highest BCUT2D eigenvalue weighted by molar-refractivity contribution is 7.21. The van der Waals surface area contributed by atoms with Gasteiger partial charge >= 0.3 is 18.1 Å². The van der Waals surface area contributed by atoms with Gasteiger partial charge in [0.25, 0.3) is 0 Å². The van der Waals surface area contributed by atoms with E-state index >= 15 is 0 Å². The summed E-state index contributed by atoms with van der Waals surface area (Å²) >= 11 is 0.740. The van der Waals surface area contributed by atoms with E-state index in [-0.39, 0.29) is 20.8 Å². The maximum atomic E-state index is 12.4. The molecule has 0 atom stereocenters. The van der Waals surface area contributed by atoms with Crippen molar-refractivity contribution >= 4 is 39.1 Å². The summed E-state index contributed by atoms with van der Waals surface area (Å²) in [6.07, 6.45) is -2.56. The molecule has 0 radical (unpaired) electrons. The molecule has 2 rings (SSSR count). The second-order valence-electron chi connectivity index (χ2n) is 4.82. The monoisotopic (exact) mass is 346 g/mol. The molecule has 124 valence electrons. The van der Waals surface area contributed by atoms with Crippen molar-refractivity contribution in [2.24, 2.45) is 0 Å². The van der Waals surface area contributed by atoms with Crippen LogP contribution in [0.4, 0.5) is 18.9 Å². The van der Waals surface area contributed by atoms with Gasteiger partial charge in [0, 0.05) is 11.1 Å². The third kappa shape index (κ3) is 3.79. The van der Waals surface area contributed by atoms with E-state index in [4.69, 9.17) is 5.11 Å². The van der Waals surface area contributed by atoms with Crippen molar-refractivity contribution in [2.45, 2.75) is 32.4 Å². The predicted molar refractivity (Wildman–Crippen MR) is 79.9 cm³/mol. The number of anilines is 1. The average Bonchev–Trinajstić information content (AvgIpc) is 2.82. The van der Waals surface area contributed by atoms with Crippen molar-refractivity contribution in [2.75, 3.05) is 5.32 Å². The highest BCUT2D eigenvalue weighted by atomic mass is 32.1. The molecule has 0 spiro atoms. The number of carbonyl (C=O) groups is 2. The van der Waals surface area contributed by atoms with Gasteiger partial charge in [0.15, 0.2) is 0 Å². The summed E-state index contributed by atoms with van der Waals surface area (Å²) in [7, 11) is 0. The highest BCUT2D eigenvalue weighted by Gasteiger charge is 2.39. The van der Waals surface area contributed by atoms with Crippen LogP contribution in [0, 0.1) is 0 Å². The lowest BCUT2D eigenvalue weighted by atomic mass is 10.1. The number of nitrogens with one attached hydrogen (secondary N) is 1. The van der Waals surface area contributed by atoms with Crippen LogP contribution in [-0.2, 0) is 11.2 Å². The van der Waals surface area contributed by atoms with Crippen LogP contribution in [0.25, 0.3) is 10.2 Å². The van der Waals surface area contributed by atoms with Gasteiger partial charge in [0.1, 0.15) is 9.71 Å². The van der Waals surface area contributed by atoms with Gasteiger partial charge in [-0.2, -0.15) is 13.2 Å². The Morgan fingerprint density at radius 3 is 2.61 bits per heavy atom. The van der Waals surface area contributed by atoms with Crippen LogP contribution < -0.4 is 5.32 Å². The topological polar surface area (TPSA) is 79.3 Å². The number of fused-ring (bicyclic) bond motifs is 1. The van der Waals surface area contributed by atoms with E-state index < -0.39 is 18.1 Å². The first-order valence-electron chi connectivity index (χ1n) is 6.78. The number of alkyl halides is 3. The molecule has 9 heteroatoms. The van der Waals surface area contributed by atoms with E-state index in [9.17, 15) is 22.8 Å². The number of hydrogen-bond donors (Lipinski definition) is 2. The first-order valence-corrected chi connectivity index (χ1v) is 7.59. The Hall–Kier alpha value is -2.16. The molecule has 2 N–H and O–H groups in total. The van der Waals surface area contributed by atoms with Crippen LogP contribution in [0.2, 0.25) is 0 Å². The fraction of sp³-hybridized carbons (Fsp3) is 0.357. The highest BCUT2D eigenvalue weighted by Crippen LogP contribution is 2.36. The Morgan fingerprint density at radius 2 is 2.04 bits per heavy atom. The van der Waals surface area contributed by atoms with Crippen molar-refractivity contribution in [3.05, 3.63) is 22.7 Å². The largest absolute Gasteiger partial charge is 0.477 e. The Morgan fingerprint density at radius 1 is 1.35 bits per heavy atom. The number of unbranched alkanes of at least 4 members (excludes halogenated alkanes) is 1. The normalized spacial score (nSPS) is 11.7. The molecule has 2 aromatic rings. The van der Waals surface area contributed by atoms with Crippen molar-refractivity contribution in [3.63, 3.8) is 0 Å². The van der Waals surface area contributed by atoms with Crippen molar-refractivity contribution in [1.82, 2.24) is 4.98 Å². The summed E-state index contributed by atoms with van der Waals surface area (Å²) in [5.41, 5.74) is 0.362. The van der Waals surface area contributed by atoms with Gasteiger partial charge in [-0.15, -0.1) is 11.3 Å². The number of hydrogen-bond acceptors (Lipinski definition) is 4. The van der Waals surface area contributed by atoms with Crippen LogP contribution >= 0.6 is 11.3 Å². The lowest BCUT2D eigenvalue weighted by Gasteiger charge is -2.08. The van der Waals surface area contributed by atoms with E-state index in [1.54, 1.807) is 11.4 Å². The molecular weight excluding hydrogens is 333 g/mol. The van der Waals surface area contributed by atoms with Gasteiger partial charge < -0.3 is 10.4 Å². The molecule has 5 nitrogen and oxygen atoms in total. The third-order valence-corrected chi connectivity index (χ3v) is 4.18. The maximum absolute atomic E-state index is 12.4. The summed E-state index contributed by atoms with van der Waals surface area (Å²) in [5.74, 6) is -3.63. The van der Waals surface area contributed by atoms with Crippen LogP contribution in [0.5, 0.6) is 0 Å². The maximum Gasteiger partial charge on any atom is 0.471 e. The minimum absolute atomic E-state index is 0.185. The molecule has 0 aliphatic rings. The lowest BCUT2D eigenvalue weighted by molar-refractivity contribution is -0.167. The number of pyridine rings is 1. The number of aromatic carboxylic acids is 1. The fourth-order valence-corrected chi connectivity index (χ4v) is 2.96. The number of aryl methyl sites for hydroxylation is 1. The summed E-state index contributed by atoms with van der Waals surface area (Å²) < 4.78 is 37.2. The minimum atomic E-state index is -5.10. The number of aromatic nitrogens is 1. The summed E-state index contributed by atoms with van der Waals surface area (Å²) in [6.45, 7) is 2.01. The molecule has 0 aliphatic heterocycles. The lowest BCUT2D eigenvalue weighted by Crippen LogP contribution is -2.30. The molecular formula is C14H13F3N2O3S. The first kappa shape index (κ1) is 17.2. The quantitative estimate of drug-likeness (QED) is 0.862. The smallest absolute Gasteiger partial charge is 0.471 e. The summed E-state index contributed by atoms with van der Waals surface area (Å²) in [5, 5.41) is 11.0. The van der Waals surface area contributed by atoms with Gasteiger partial charge in [-0.05, 0) is 25.0 Å². The summed E-state index contributed by atoms with van der Waals surface area (Å²) in [6, 6.07) is 3.11. The van der Waals surface area contributed by atoms with Crippen LogP contribution in [-0.4, -0.2) is 28.1 Å². The second kappa shape index (κ2) is 6.53. The SMILES string of the molecule is CCCCc1ccc2c(NC(=O)C(F)(F)F)c(C(=O)O)sc2n1. The molecule has 0 aromatic carbocycles. The molecule has 0 saturated heterocycles. The van der Waals surface area contributed by atoms with Crippen molar-refractivity contribution < 1.29 is 27.9 Å².